The van der Waals surface area contributed by atoms with Gasteiger partial charge in [-0.15, -0.1) is 12.6 Å². The molecule has 1 N–H and O–H groups in total. The number of aliphatic imine (C=N–C) groups is 1. The van der Waals surface area contributed by atoms with Crippen LogP contribution in [-0.4, -0.2) is 12.2 Å². The minimum atomic E-state index is -0.284. The molecule has 0 fully saturated rings. The van der Waals surface area contributed by atoms with Crippen molar-refractivity contribution >= 4 is 36.5 Å². The highest BCUT2D eigenvalue weighted by Gasteiger charge is 2.09. The first-order valence-corrected chi connectivity index (χ1v) is 5.92. The SMILES string of the molecule is C/C(=C/S)N=CNC(=O)C1=C(Cl)C=CCC=C1. The molecule has 0 saturated carbocycles. The van der Waals surface area contributed by atoms with Crippen molar-refractivity contribution in [2.45, 2.75) is 13.3 Å². The number of carbonyl (C=O) groups excluding carboxylic acids is 1. The first-order valence-electron chi connectivity index (χ1n) is 5.02. The molecule has 0 spiro atoms. The number of allylic oxidation sites excluding steroid dienone is 5. The molecule has 1 aliphatic carbocycles. The Morgan fingerprint density at radius 1 is 1.53 bits per heavy atom. The first kappa shape index (κ1) is 13.8. The van der Waals surface area contributed by atoms with Crippen LogP contribution in [0.2, 0.25) is 0 Å². The van der Waals surface area contributed by atoms with E-state index in [-0.39, 0.29) is 5.91 Å². The van der Waals surface area contributed by atoms with Gasteiger partial charge in [0, 0.05) is 5.70 Å². The van der Waals surface area contributed by atoms with Crippen LogP contribution in [0.4, 0.5) is 0 Å². The highest BCUT2D eigenvalue weighted by atomic mass is 35.5. The fraction of sp³-hybridized carbons (Fsp3) is 0.167. The summed E-state index contributed by atoms with van der Waals surface area (Å²) in [5.74, 6) is -0.284. The Labute approximate surface area is 111 Å². The number of carbonyl (C=O) groups is 1. The quantitative estimate of drug-likeness (QED) is 0.461. The van der Waals surface area contributed by atoms with Crippen LogP contribution in [0, 0.1) is 0 Å². The van der Waals surface area contributed by atoms with Gasteiger partial charge < -0.3 is 5.32 Å². The van der Waals surface area contributed by atoms with E-state index >= 15 is 0 Å². The second-order valence-corrected chi connectivity index (χ2v) is 3.97. The largest absolute Gasteiger partial charge is 0.313 e. The monoisotopic (exact) mass is 268 g/mol. The Balaban J connectivity index is 2.71. The lowest BCUT2D eigenvalue weighted by atomic mass is 10.2. The summed E-state index contributed by atoms with van der Waals surface area (Å²) < 4.78 is 0. The molecule has 0 saturated heterocycles. The molecule has 0 radical (unpaired) electrons. The standard InChI is InChI=1S/C12H13ClN2OS/c1-9(7-17)14-8-15-12(16)10-5-3-2-4-6-11(10)13/h3-8,17H,2H2,1H3,(H,14,15,16)/b9-7-. The average molecular weight is 269 g/mol. The summed E-state index contributed by atoms with van der Waals surface area (Å²) in [6.45, 7) is 1.77. The van der Waals surface area contributed by atoms with Gasteiger partial charge in [0.05, 0.1) is 16.9 Å². The predicted octanol–water partition coefficient (Wildman–Crippen LogP) is 2.93. The van der Waals surface area contributed by atoms with Crippen LogP contribution >= 0.6 is 24.2 Å². The molecule has 90 valence electrons. The van der Waals surface area contributed by atoms with Gasteiger partial charge in [-0.05, 0) is 24.8 Å². The molecular formula is C12H13ClN2OS. The summed E-state index contributed by atoms with van der Waals surface area (Å²) in [7, 11) is 0. The molecule has 0 aromatic carbocycles. The van der Waals surface area contributed by atoms with Crippen LogP contribution in [0.25, 0.3) is 0 Å². The average Bonchev–Trinajstić information content (AvgIpc) is 2.53. The van der Waals surface area contributed by atoms with Crippen molar-refractivity contribution in [1.82, 2.24) is 5.32 Å². The van der Waals surface area contributed by atoms with Crippen LogP contribution in [0.3, 0.4) is 0 Å². The van der Waals surface area contributed by atoms with Crippen LogP contribution < -0.4 is 5.32 Å². The fourth-order valence-electron chi connectivity index (χ4n) is 1.09. The van der Waals surface area contributed by atoms with Crippen molar-refractivity contribution in [2.24, 2.45) is 4.99 Å². The van der Waals surface area contributed by atoms with Crippen LogP contribution in [-0.2, 0) is 4.79 Å². The van der Waals surface area contributed by atoms with E-state index in [2.05, 4.69) is 22.9 Å². The summed E-state index contributed by atoms with van der Waals surface area (Å²) in [5.41, 5.74) is 1.13. The number of nitrogens with zero attached hydrogens (tertiary/aromatic N) is 1. The zero-order chi connectivity index (χ0) is 12.7. The molecule has 1 aliphatic rings. The third-order valence-corrected chi connectivity index (χ3v) is 2.68. The van der Waals surface area contributed by atoms with Crippen molar-refractivity contribution in [3.8, 4) is 0 Å². The highest BCUT2D eigenvalue weighted by molar-refractivity contribution is 7.83. The van der Waals surface area contributed by atoms with E-state index < -0.39 is 0 Å². The van der Waals surface area contributed by atoms with Gasteiger partial charge in [-0.2, -0.15) is 0 Å². The summed E-state index contributed by atoms with van der Waals surface area (Å²) >= 11 is 9.89. The number of nitrogens with one attached hydrogen (secondary N) is 1. The Hall–Kier alpha value is -1.26. The van der Waals surface area contributed by atoms with Gasteiger partial charge in [0.15, 0.2) is 0 Å². The number of thiol groups is 1. The van der Waals surface area contributed by atoms with Gasteiger partial charge in [-0.3, -0.25) is 4.79 Å². The van der Waals surface area contributed by atoms with Crippen molar-refractivity contribution in [3.63, 3.8) is 0 Å². The summed E-state index contributed by atoms with van der Waals surface area (Å²) in [4.78, 5) is 15.7. The lowest BCUT2D eigenvalue weighted by Gasteiger charge is -2.01. The lowest BCUT2D eigenvalue weighted by Crippen LogP contribution is -2.23. The predicted molar refractivity (Wildman–Crippen MR) is 75.2 cm³/mol. The van der Waals surface area contributed by atoms with Gasteiger partial charge in [0.1, 0.15) is 0 Å². The lowest BCUT2D eigenvalue weighted by molar-refractivity contribution is -0.115. The van der Waals surface area contributed by atoms with E-state index in [1.54, 1.807) is 24.5 Å². The molecular weight excluding hydrogens is 256 g/mol. The maximum absolute atomic E-state index is 11.8. The van der Waals surface area contributed by atoms with Crippen LogP contribution in [0.1, 0.15) is 13.3 Å². The Kier molecular flexibility index (Phi) is 5.80. The number of rotatable bonds is 3. The Morgan fingerprint density at radius 3 is 2.94 bits per heavy atom. The molecule has 5 heteroatoms. The molecule has 0 unspecified atom stereocenters. The van der Waals surface area contributed by atoms with Gasteiger partial charge in [0.2, 0.25) is 0 Å². The maximum atomic E-state index is 11.8. The van der Waals surface area contributed by atoms with Crippen molar-refractivity contribution < 1.29 is 4.79 Å². The van der Waals surface area contributed by atoms with Gasteiger partial charge in [-0.1, -0.05) is 29.8 Å². The van der Waals surface area contributed by atoms with Gasteiger partial charge in [-0.25, -0.2) is 4.99 Å². The summed E-state index contributed by atoms with van der Waals surface area (Å²) in [6.07, 6.45) is 9.27. The molecule has 17 heavy (non-hydrogen) atoms. The molecule has 3 nitrogen and oxygen atoms in total. The molecule has 1 amide bonds. The van der Waals surface area contributed by atoms with E-state index in [9.17, 15) is 4.79 Å². The molecule has 0 heterocycles. The summed E-state index contributed by atoms with van der Waals surface area (Å²) in [6, 6.07) is 0. The zero-order valence-corrected chi connectivity index (χ0v) is 11.0. The van der Waals surface area contributed by atoms with Crippen molar-refractivity contribution in [3.05, 3.63) is 46.0 Å². The van der Waals surface area contributed by atoms with Crippen LogP contribution in [0.5, 0.6) is 0 Å². The topological polar surface area (TPSA) is 41.5 Å². The number of hydrogen-bond donors (Lipinski definition) is 2. The Morgan fingerprint density at radius 2 is 2.24 bits per heavy atom. The molecule has 0 aliphatic heterocycles. The number of amides is 1. The molecule has 0 aromatic heterocycles. The molecule has 0 bridgehead atoms. The third-order valence-electron chi connectivity index (χ3n) is 1.97. The van der Waals surface area contributed by atoms with Crippen LogP contribution in [0.15, 0.2) is 51.0 Å². The van der Waals surface area contributed by atoms with E-state index in [4.69, 9.17) is 11.6 Å². The summed E-state index contributed by atoms with van der Waals surface area (Å²) in [5, 5.41) is 4.51. The van der Waals surface area contributed by atoms with E-state index in [1.165, 1.54) is 6.34 Å². The smallest absolute Gasteiger partial charge is 0.257 e. The fourth-order valence-corrected chi connectivity index (χ4v) is 1.40. The maximum Gasteiger partial charge on any atom is 0.257 e. The molecule has 0 aromatic rings. The third kappa shape index (κ3) is 4.63. The zero-order valence-electron chi connectivity index (χ0n) is 9.35. The number of halogens is 1. The van der Waals surface area contributed by atoms with Gasteiger partial charge in [0.25, 0.3) is 5.91 Å². The van der Waals surface area contributed by atoms with E-state index in [0.717, 1.165) is 6.42 Å². The first-order chi connectivity index (χ1) is 8.15. The highest BCUT2D eigenvalue weighted by Crippen LogP contribution is 2.16. The molecule has 1 rings (SSSR count). The second-order valence-electron chi connectivity index (χ2n) is 3.30. The number of hydrogen-bond acceptors (Lipinski definition) is 3. The minimum Gasteiger partial charge on any atom is -0.313 e. The minimum absolute atomic E-state index is 0.284. The second kappa shape index (κ2) is 7.14. The van der Waals surface area contributed by atoms with Crippen molar-refractivity contribution in [1.29, 1.82) is 0 Å². The molecule has 0 atom stereocenters. The normalized spacial score (nSPS) is 16.5. The van der Waals surface area contributed by atoms with Crippen molar-refractivity contribution in [2.75, 3.05) is 0 Å². The van der Waals surface area contributed by atoms with E-state index in [0.29, 0.717) is 16.3 Å². The van der Waals surface area contributed by atoms with E-state index in [1.807, 2.05) is 12.2 Å². The Bertz CT molecular complexity index is 447. The van der Waals surface area contributed by atoms with Gasteiger partial charge >= 0.3 is 0 Å².